The average Bonchev–Trinajstić information content (AvgIpc) is 4.10. The van der Waals surface area contributed by atoms with E-state index in [1.54, 1.807) is 48.0 Å². The summed E-state index contributed by atoms with van der Waals surface area (Å²) < 4.78 is 1.82. The molecule has 0 spiro atoms. The molecule has 0 unspecified atom stereocenters. The standard InChI is InChI=1S/C65H107S2.3CH3.Sn/c1-6-10-14-18-22-26-30-34-38-42-47-64(48-43-39-35-31-27-23-19-15-11-7-2)58-46-51-66-62(58)56-53-60-57(54-59(56)64)63-61(52-55(5)67-63)65(60,49-44-40-36-32-28-24-20-16-12-8-3)50-45-41-37-33-29-25-21-17-13-9-4;;;;/h46,52-54H,6-45,47-50H2,1-5H3;3*1H3;. The zero-order valence-corrected chi connectivity index (χ0v) is 53.2. The summed E-state index contributed by atoms with van der Waals surface area (Å²) in [5.74, 6) is 0. The Morgan fingerprint density at radius 3 is 0.845 bits per heavy atom. The van der Waals surface area contributed by atoms with Crippen LogP contribution in [0.5, 0.6) is 0 Å². The normalized spacial score (nSPS) is 14.4. The first kappa shape index (κ1) is 61.3. The second-order valence-corrected chi connectivity index (χ2v) is 42.8. The summed E-state index contributed by atoms with van der Waals surface area (Å²) in [5.41, 5.74) is 10.8. The van der Waals surface area contributed by atoms with E-state index < -0.39 is 18.4 Å². The van der Waals surface area contributed by atoms with Crippen LogP contribution >= 0.6 is 22.7 Å². The van der Waals surface area contributed by atoms with Crippen LogP contribution in [0.4, 0.5) is 0 Å². The summed E-state index contributed by atoms with van der Waals surface area (Å²) in [7, 11) is 0. The second-order valence-electron chi connectivity index (χ2n) is 25.0. The van der Waals surface area contributed by atoms with Crippen LogP contribution in [0.1, 0.15) is 337 Å². The molecular formula is C68H116S2Sn. The van der Waals surface area contributed by atoms with Crippen molar-refractivity contribution in [3.63, 3.8) is 0 Å². The third kappa shape index (κ3) is 18.8. The van der Waals surface area contributed by atoms with Gasteiger partial charge in [-0.1, -0.05) is 143 Å². The molecule has 2 aliphatic carbocycles. The van der Waals surface area contributed by atoms with E-state index in [0.717, 1.165) is 0 Å². The molecule has 71 heavy (non-hydrogen) atoms. The van der Waals surface area contributed by atoms with Crippen LogP contribution in [0.2, 0.25) is 14.8 Å². The van der Waals surface area contributed by atoms with Gasteiger partial charge in [0.25, 0.3) is 0 Å². The predicted octanol–water partition coefficient (Wildman–Crippen LogP) is 24.4. The van der Waals surface area contributed by atoms with Crippen molar-refractivity contribution in [2.45, 2.75) is 343 Å². The number of rotatable bonds is 45. The Balaban J connectivity index is 1.45. The number of thiophene rings is 2. The summed E-state index contributed by atoms with van der Waals surface area (Å²) in [4.78, 5) is 13.0. The van der Waals surface area contributed by atoms with Gasteiger partial charge in [0.2, 0.25) is 0 Å². The third-order valence-corrected chi connectivity index (χ3v) is 29.5. The van der Waals surface area contributed by atoms with Crippen LogP contribution in [0.3, 0.4) is 0 Å². The second kappa shape index (κ2) is 34.2. The summed E-state index contributed by atoms with van der Waals surface area (Å²) in [5, 5.41) is 0. The van der Waals surface area contributed by atoms with Crippen LogP contribution < -0.4 is 2.89 Å². The van der Waals surface area contributed by atoms with Crippen LogP contribution in [0.25, 0.3) is 20.9 Å². The molecule has 0 bridgehead atoms. The summed E-state index contributed by atoms with van der Waals surface area (Å²) in [6.45, 7) is 11.8. The molecule has 0 amide bonds. The van der Waals surface area contributed by atoms with Crippen molar-refractivity contribution in [3.8, 4) is 20.9 Å². The van der Waals surface area contributed by atoms with E-state index in [2.05, 4.69) is 96.4 Å². The van der Waals surface area contributed by atoms with Gasteiger partial charge in [-0.2, -0.15) is 0 Å². The average molecular weight is 1120 g/mol. The van der Waals surface area contributed by atoms with Gasteiger partial charge in [0, 0.05) is 0 Å². The number of fused-ring (bicyclic) bond motifs is 6. The van der Waals surface area contributed by atoms with Crippen molar-refractivity contribution in [3.05, 3.63) is 51.4 Å². The Labute approximate surface area is 455 Å². The number of aryl methyl sites for hydroxylation is 1. The monoisotopic (exact) mass is 1120 g/mol. The first-order chi connectivity index (χ1) is 34.7. The minimum absolute atomic E-state index is 0.173. The number of unbranched alkanes of at least 4 members (excludes halogenated alkanes) is 36. The molecule has 0 saturated heterocycles. The molecule has 0 saturated carbocycles. The van der Waals surface area contributed by atoms with Crippen LogP contribution in [-0.2, 0) is 10.8 Å². The van der Waals surface area contributed by atoms with Gasteiger partial charge in [0.1, 0.15) is 0 Å². The minimum atomic E-state index is -2.35. The van der Waals surface area contributed by atoms with Crippen molar-refractivity contribution >= 4 is 43.9 Å². The van der Waals surface area contributed by atoms with Gasteiger partial charge in [0.05, 0.1) is 0 Å². The van der Waals surface area contributed by atoms with Crippen LogP contribution in [0.15, 0.2) is 24.3 Å². The Hall–Kier alpha value is -0.581. The van der Waals surface area contributed by atoms with Gasteiger partial charge in [-0.25, -0.2) is 0 Å². The SMILES string of the molecule is CCCCCCCCCCCCC1(CCCCCCCCCCCC)c2cc3c(cc2-c2sc(C)cc21)C(CCCCCCCCCCCC)(CCCCCCCCCCCC)c1c[c]([Sn]([CH3])([CH3])[CH3])sc1-3. The number of hydrogen-bond acceptors (Lipinski definition) is 2. The molecule has 0 radical (unpaired) electrons. The fourth-order valence-corrected chi connectivity index (χ4v) is 21.1. The van der Waals surface area contributed by atoms with Gasteiger partial charge < -0.3 is 0 Å². The topological polar surface area (TPSA) is 0 Å². The molecule has 1 aromatic carbocycles. The fraction of sp³-hybridized carbons (Fsp3) is 0.794. The maximum absolute atomic E-state index is 2.93. The molecule has 0 aliphatic heterocycles. The fourth-order valence-electron chi connectivity index (χ4n) is 13.4. The van der Waals surface area contributed by atoms with Crippen LogP contribution in [-0.4, -0.2) is 18.4 Å². The van der Waals surface area contributed by atoms with E-state index in [-0.39, 0.29) is 10.8 Å². The van der Waals surface area contributed by atoms with Crippen molar-refractivity contribution in [2.75, 3.05) is 0 Å². The predicted molar refractivity (Wildman–Crippen MR) is 328 cm³/mol. The maximum atomic E-state index is 2.93. The van der Waals surface area contributed by atoms with Crippen molar-refractivity contribution < 1.29 is 0 Å². The van der Waals surface area contributed by atoms with E-state index in [1.165, 1.54) is 283 Å². The van der Waals surface area contributed by atoms with Gasteiger partial charge in [-0.15, -0.1) is 0 Å². The molecule has 404 valence electrons. The van der Waals surface area contributed by atoms with Gasteiger partial charge in [-0.05, 0) is 0 Å². The first-order valence-corrected chi connectivity index (χ1v) is 43.7. The van der Waals surface area contributed by atoms with E-state index in [1.807, 2.05) is 2.89 Å². The summed E-state index contributed by atoms with van der Waals surface area (Å²) in [6, 6.07) is 11.4. The summed E-state index contributed by atoms with van der Waals surface area (Å²) >= 11 is 2.10. The molecule has 3 aromatic rings. The quantitative estimate of drug-likeness (QED) is 0.0391. The van der Waals surface area contributed by atoms with Gasteiger partial charge >= 0.3 is 316 Å². The first-order valence-electron chi connectivity index (χ1n) is 32.1. The molecule has 0 nitrogen and oxygen atoms in total. The molecule has 2 aromatic heterocycles. The van der Waals surface area contributed by atoms with Crippen molar-refractivity contribution in [1.82, 2.24) is 0 Å². The molecule has 0 fully saturated rings. The van der Waals surface area contributed by atoms with E-state index in [0.29, 0.717) is 0 Å². The molecule has 2 aliphatic rings. The Morgan fingerprint density at radius 1 is 0.310 bits per heavy atom. The Kier molecular flexibility index (Phi) is 29.6. The van der Waals surface area contributed by atoms with E-state index in [4.69, 9.17) is 0 Å². The van der Waals surface area contributed by atoms with Gasteiger partial charge in [0.15, 0.2) is 0 Å². The molecule has 5 rings (SSSR count). The Bertz CT molecular complexity index is 1800. The van der Waals surface area contributed by atoms with Crippen molar-refractivity contribution in [2.24, 2.45) is 0 Å². The van der Waals surface area contributed by atoms with Crippen LogP contribution in [0, 0.1) is 6.92 Å². The van der Waals surface area contributed by atoms with Crippen molar-refractivity contribution in [1.29, 1.82) is 0 Å². The zero-order valence-electron chi connectivity index (χ0n) is 48.7. The number of benzene rings is 1. The summed E-state index contributed by atoms with van der Waals surface area (Å²) in [6.07, 6.45) is 62.3. The molecule has 0 N–H and O–H groups in total. The third-order valence-electron chi connectivity index (χ3n) is 17.9. The molecule has 0 atom stereocenters. The van der Waals surface area contributed by atoms with E-state index in [9.17, 15) is 0 Å². The van der Waals surface area contributed by atoms with Gasteiger partial charge in [-0.3, -0.25) is 0 Å². The molecular weight excluding hydrogens is 1000 g/mol. The molecule has 2 heterocycles. The molecule has 3 heteroatoms. The number of hydrogen-bond donors (Lipinski definition) is 0. The zero-order chi connectivity index (χ0) is 50.6. The Morgan fingerprint density at radius 2 is 0.563 bits per heavy atom. The van der Waals surface area contributed by atoms with E-state index >= 15 is 0 Å².